The van der Waals surface area contributed by atoms with Crippen molar-refractivity contribution in [3.8, 4) is 5.75 Å². The number of hydrogen-bond donors (Lipinski definition) is 2. The van der Waals surface area contributed by atoms with Crippen molar-refractivity contribution in [1.82, 2.24) is 15.3 Å². The van der Waals surface area contributed by atoms with Crippen molar-refractivity contribution in [3.63, 3.8) is 0 Å². The fraction of sp³-hybridized carbons (Fsp3) is 0.371. The predicted octanol–water partition coefficient (Wildman–Crippen LogP) is 7.45. The number of ether oxygens (including phenoxy) is 1. The van der Waals surface area contributed by atoms with Gasteiger partial charge >= 0.3 is 0 Å². The van der Waals surface area contributed by atoms with Gasteiger partial charge in [0.2, 0.25) is 0 Å². The van der Waals surface area contributed by atoms with Gasteiger partial charge in [0.05, 0.1) is 22.1 Å². The molecule has 5 nitrogen and oxygen atoms in total. The molecule has 204 valence electrons. The summed E-state index contributed by atoms with van der Waals surface area (Å²) >= 11 is 0. The van der Waals surface area contributed by atoms with Gasteiger partial charge in [0.15, 0.2) is 0 Å². The van der Waals surface area contributed by atoms with Crippen LogP contribution in [-0.2, 0) is 6.42 Å². The lowest BCUT2D eigenvalue weighted by molar-refractivity contribution is -0.0115. The van der Waals surface area contributed by atoms with Crippen molar-refractivity contribution < 1.29 is 9.84 Å². The minimum Gasteiger partial charge on any atom is -0.487 e. The van der Waals surface area contributed by atoms with Gasteiger partial charge in [-0.1, -0.05) is 74.0 Å². The maximum Gasteiger partial charge on any atom is 0.133 e. The van der Waals surface area contributed by atoms with Crippen LogP contribution in [0.15, 0.2) is 72.8 Å². The molecule has 0 radical (unpaired) electrons. The predicted molar refractivity (Wildman–Crippen MR) is 162 cm³/mol. The lowest BCUT2D eigenvalue weighted by Gasteiger charge is -2.49. The monoisotopic (exact) mass is 531 g/mol. The summed E-state index contributed by atoms with van der Waals surface area (Å²) in [6, 6.07) is 24.7. The Morgan fingerprint density at radius 3 is 2.50 bits per heavy atom. The highest BCUT2D eigenvalue weighted by atomic mass is 16.5. The van der Waals surface area contributed by atoms with E-state index < -0.39 is 6.23 Å². The fourth-order valence-electron chi connectivity index (χ4n) is 7.20. The molecule has 4 atom stereocenters. The number of aliphatic hydroxyl groups is 1. The van der Waals surface area contributed by atoms with Gasteiger partial charge in [-0.15, -0.1) is 0 Å². The lowest BCUT2D eigenvalue weighted by atomic mass is 9.64. The Hall–Kier alpha value is -3.54. The van der Waals surface area contributed by atoms with Crippen LogP contribution >= 0.6 is 0 Å². The molecule has 1 aliphatic carbocycles. The first-order chi connectivity index (χ1) is 19.4. The maximum atomic E-state index is 10.9. The van der Waals surface area contributed by atoms with Gasteiger partial charge in [-0.05, 0) is 68.2 Å². The normalized spacial score (nSPS) is 22.6. The third-order valence-electron chi connectivity index (χ3n) is 9.27. The number of benzene rings is 4. The highest BCUT2D eigenvalue weighted by molar-refractivity contribution is 6.11. The van der Waals surface area contributed by atoms with Crippen LogP contribution in [0.1, 0.15) is 68.9 Å². The van der Waals surface area contributed by atoms with E-state index in [0.29, 0.717) is 24.3 Å². The number of aliphatic hydroxyl groups excluding tert-OH is 1. The number of fused-ring (bicyclic) bond motifs is 9. The maximum absolute atomic E-state index is 10.9. The standard InChI is InChI=1S/C35H37N3O2/c1-21-13-15-27-26(19-21)30-32-31(24-11-7-8-12-25(24)33(30)40-35(27,2)3)38-29-20-23(14-16-28(29)37-32)34(39)36-18-17-22-9-5-4-6-10-22/h4-12,14,16,20-21,26-27,34,36,39H,13,15,17-19H2,1-3H3. The van der Waals surface area contributed by atoms with Gasteiger partial charge < -0.3 is 9.84 Å². The molecule has 4 aromatic carbocycles. The van der Waals surface area contributed by atoms with Crippen LogP contribution < -0.4 is 10.1 Å². The van der Waals surface area contributed by atoms with Crippen LogP contribution in [0.3, 0.4) is 0 Å². The van der Waals surface area contributed by atoms with E-state index in [-0.39, 0.29) is 5.60 Å². The summed E-state index contributed by atoms with van der Waals surface area (Å²) in [4.78, 5) is 10.5. The Kier molecular flexibility index (Phi) is 6.25. The third kappa shape index (κ3) is 4.32. The number of nitrogens with zero attached hydrogens (tertiary/aromatic N) is 2. The van der Waals surface area contributed by atoms with E-state index in [0.717, 1.165) is 57.0 Å². The molecule has 1 fully saturated rings. The van der Waals surface area contributed by atoms with E-state index in [1.165, 1.54) is 24.0 Å². The second-order valence-electron chi connectivity index (χ2n) is 12.4. The van der Waals surface area contributed by atoms with Crippen LogP contribution in [0, 0.1) is 11.8 Å². The highest BCUT2D eigenvalue weighted by Gasteiger charge is 2.47. The zero-order chi connectivity index (χ0) is 27.4. The van der Waals surface area contributed by atoms with Gasteiger partial charge in [-0.25, -0.2) is 9.97 Å². The summed E-state index contributed by atoms with van der Waals surface area (Å²) in [6.45, 7) is 7.58. The molecule has 1 saturated carbocycles. The van der Waals surface area contributed by atoms with Crippen LogP contribution in [0.5, 0.6) is 5.75 Å². The quantitative estimate of drug-likeness (QED) is 0.140. The van der Waals surface area contributed by atoms with E-state index >= 15 is 0 Å². The molecule has 0 bridgehead atoms. The number of aromatic nitrogens is 2. The topological polar surface area (TPSA) is 67.3 Å². The Bertz CT molecular complexity index is 1720. The molecule has 2 N–H and O–H groups in total. The van der Waals surface area contributed by atoms with Crippen molar-refractivity contribution in [2.45, 2.75) is 64.2 Å². The molecule has 1 aliphatic heterocycles. The molecule has 5 aromatic rings. The summed E-state index contributed by atoms with van der Waals surface area (Å²) < 4.78 is 6.87. The summed E-state index contributed by atoms with van der Waals surface area (Å²) in [7, 11) is 0. The average Bonchev–Trinajstić information content (AvgIpc) is 2.96. The SMILES string of the molecule is CC1CCC2C(C1)c1c(c3ccccc3c3nc4cc(C(O)NCCc5ccccc5)ccc4nc13)OC2(C)C. The number of hydrogen-bond acceptors (Lipinski definition) is 5. The molecular formula is C35H37N3O2. The zero-order valence-corrected chi connectivity index (χ0v) is 23.5. The zero-order valence-electron chi connectivity index (χ0n) is 23.5. The molecule has 40 heavy (non-hydrogen) atoms. The Morgan fingerprint density at radius 1 is 0.925 bits per heavy atom. The summed E-state index contributed by atoms with van der Waals surface area (Å²) in [5, 5.41) is 16.4. The highest BCUT2D eigenvalue weighted by Crippen LogP contribution is 2.56. The molecule has 0 saturated heterocycles. The smallest absolute Gasteiger partial charge is 0.133 e. The molecule has 0 spiro atoms. The molecule has 0 amide bonds. The molecule has 2 aliphatic rings. The Balaban J connectivity index is 1.32. The van der Waals surface area contributed by atoms with Crippen molar-refractivity contribution in [2.24, 2.45) is 11.8 Å². The first-order valence-corrected chi connectivity index (χ1v) is 14.7. The summed E-state index contributed by atoms with van der Waals surface area (Å²) in [5.74, 6) is 2.52. The molecule has 1 aromatic heterocycles. The van der Waals surface area contributed by atoms with Gasteiger partial charge in [-0.3, -0.25) is 5.32 Å². The number of nitrogens with one attached hydrogen (secondary N) is 1. The van der Waals surface area contributed by atoms with E-state index in [9.17, 15) is 5.11 Å². The largest absolute Gasteiger partial charge is 0.487 e. The second kappa shape index (κ2) is 9.83. The van der Waals surface area contributed by atoms with Crippen LogP contribution in [0.2, 0.25) is 0 Å². The first-order valence-electron chi connectivity index (χ1n) is 14.7. The molecule has 5 heteroatoms. The first kappa shape index (κ1) is 25.4. The molecule has 7 rings (SSSR count). The summed E-state index contributed by atoms with van der Waals surface area (Å²) in [6.07, 6.45) is 3.65. The van der Waals surface area contributed by atoms with Crippen molar-refractivity contribution in [2.75, 3.05) is 6.54 Å². The molecular weight excluding hydrogens is 494 g/mol. The van der Waals surface area contributed by atoms with E-state index in [1.807, 2.05) is 36.4 Å². The van der Waals surface area contributed by atoms with Gasteiger partial charge in [0, 0.05) is 28.8 Å². The van der Waals surface area contributed by atoms with Crippen molar-refractivity contribution >= 4 is 32.8 Å². The molecule has 2 heterocycles. The third-order valence-corrected chi connectivity index (χ3v) is 9.27. The fourth-order valence-corrected chi connectivity index (χ4v) is 7.20. The number of rotatable bonds is 5. The van der Waals surface area contributed by atoms with Crippen LogP contribution in [0.25, 0.3) is 32.8 Å². The minimum atomic E-state index is -0.772. The van der Waals surface area contributed by atoms with Gasteiger partial charge in [-0.2, -0.15) is 0 Å². The van der Waals surface area contributed by atoms with E-state index in [1.54, 1.807) is 0 Å². The van der Waals surface area contributed by atoms with Crippen LogP contribution in [-0.4, -0.2) is 27.2 Å². The second-order valence-corrected chi connectivity index (χ2v) is 12.4. The summed E-state index contributed by atoms with van der Waals surface area (Å²) in [5.41, 5.74) is 6.58. The Morgan fingerprint density at radius 2 is 1.68 bits per heavy atom. The average molecular weight is 532 g/mol. The Labute approximate surface area is 235 Å². The van der Waals surface area contributed by atoms with Gasteiger partial charge in [0.25, 0.3) is 0 Å². The molecule has 4 unspecified atom stereocenters. The minimum absolute atomic E-state index is 0.225. The van der Waals surface area contributed by atoms with Crippen molar-refractivity contribution in [1.29, 1.82) is 0 Å². The lowest BCUT2D eigenvalue weighted by Crippen LogP contribution is -2.46. The van der Waals surface area contributed by atoms with E-state index in [2.05, 4.69) is 62.5 Å². The van der Waals surface area contributed by atoms with Crippen molar-refractivity contribution in [3.05, 3.63) is 89.5 Å². The van der Waals surface area contributed by atoms with Crippen LogP contribution in [0.4, 0.5) is 0 Å². The van der Waals surface area contributed by atoms with Gasteiger partial charge in [0.1, 0.15) is 17.6 Å². The van der Waals surface area contributed by atoms with E-state index in [4.69, 9.17) is 14.7 Å².